The third-order valence-electron chi connectivity index (χ3n) is 3.93. The maximum Gasteiger partial charge on any atom is 0.0597 e. The van der Waals surface area contributed by atoms with Crippen LogP contribution in [0.5, 0.6) is 0 Å². The maximum absolute atomic E-state index is 4.47. The number of benzene rings is 1. The molecule has 0 amide bonds. The average molecular weight is 285 g/mol. The first-order chi connectivity index (χ1) is 10.0. The monoisotopic (exact) mass is 285 g/mol. The predicted octanol–water partition coefficient (Wildman–Crippen LogP) is 3.75. The predicted molar refractivity (Wildman–Crippen MR) is 88.6 cm³/mol. The van der Waals surface area contributed by atoms with Crippen molar-refractivity contribution in [3.63, 3.8) is 0 Å². The topological polar surface area (TPSA) is 29.9 Å². The molecule has 0 bridgehead atoms. The molecule has 2 aromatic rings. The van der Waals surface area contributed by atoms with E-state index in [1.54, 1.807) is 0 Å². The highest BCUT2D eigenvalue weighted by Crippen LogP contribution is 2.21. The molecular weight excluding hydrogens is 258 g/mol. The smallest absolute Gasteiger partial charge is 0.0597 e. The van der Waals surface area contributed by atoms with E-state index in [0.717, 1.165) is 18.7 Å². The molecule has 21 heavy (non-hydrogen) atoms. The molecule has 0 saturated heterocycles. The van der Waals surface area contributed by atoms with E-state index in [4.69, 9.17) is 0 Å². The fraction of sp³-hybridized carbons (Fsp3) is 0.500. The van der Waals surface area contributed by atoms with Crippen molar-refractivity contribution in [1.82, 2.24) is 15.1 Å². The molecule has 0 radical (unpaired) electrons. The lowest BCUT2D eigenvalue weighted by atomic mass is 9.98. The molecule has 2 rings (SSSR count). The number of rotatable bonds is 6. The summed E-state index contributed by atoms with van der Waals surface area (Å²) >= 11 is 0. The summed E-state index contributed by atoms with van der Waals surface area (Å²) in [5.74, 6) is 0.586. The van der Waals surface area contributed by atoms with Crippen LogP contribution in [-0.2, 0) is 13.5 Å². The third-order valence-corrected chi connectivity index (χ3v) is 3.93. The Hall–Kier alpha value is -1.61. The van der Waals surface area contributed by atoms with Gasteiger partial charge in [0, 0.05) is 7.05 Å². The molecule has 1 aromatic heterocycles. The van der Waals surface area contributed by atoms with E-state index in [9.17, 15) is 0 Å². The molecular formula is C18H27N3. The Labute approximate surface area is 128 Å². The highest BCUT2D eigenvalue weighted by Gasteiger charge is 2.15. The fourth-order valence-electron chi connectivity index (χ4n) is 2.76. The number of aromatic nitrogens is 2. The number of likely N-dealkylation sites (N-methyl/N-ethyl adjacent to an activating group) is 1. The Balaban J connectivity index is 2.18. The first-order valence-electron chi connectivity index (χ1n) is 7.84. The Morgan fingerprint density at radius 1 is 1.19 bits per heavy atom. The molecule has 1 aromatic carbocycles. The van der Waals surface area contributed by atoms with Crippen molar-refractivity contribution in [3.8, 4) is 0 Å². The van der Waals surface area contributed by atoms with Crippen molar-refractivity contribution in [2.24, 2.45) is 7.05 Å². The highest BCUT2D eigenvalue weighted by atomic mass is 15.3. The summed E-state index contributed by atoms with van der Waals surface area (Å²) in [5.41, 5.74) is 5.09. The van der Waals surface area contributed by atoms with Crippen LogP contribution in [0, 0.1) is 6.92 Å². The van der Waals surface area contributed by atoms with Gasteiger partial charge in [-0.1, -0.05) is 45.0 Å². The zero-order valence-corrected chi connectivity index (χ0v) is 13.9. The zero-order valence-electron chi connectivity index (χ0n) is 13.9. The molecule has 0 fully saturated rings. The first kappa shape index (κ1) is 15.8. The van der Waals surface area contributed by atoms with Crippen LogP contribution in [0.1, 0.15) is 55.2 Å². The van der Waals surface area contributed by atoms with Crippen molar-refractivity contribution in [1.29, 1.82) is 0 Å². The molecule has 0 spiro atoms. The van der Waals surface area contributed by atoms with Gasteiger partial charge in [0.1, 0.15) is 0 Å². The van der Waals surface area contributed by atoms with Crippen molar-refractivity contribution >= 4 is 0 Å². The van der Waals surface area contributed by atoms with Crippen molar-refractivity contribution in [2.45, 2.75) is 46.1 Å². The van der Waals surface area contributed by atoms with Crippen LogP contribution in [-0.4, -0.2) is 16.3 Å². The van der Waals surface area contributed by atoms with E-state index < -0.39 is 0 Å². The van der Waals surface area contributed by atoms with Crippen molar-refractivity contribution in [3.05, 3.63) is 52.8 Å². The lowest BCUT2D eigenvalue weighted by Gasteiger charge is -2.18. The van der Waals surface area contributed by atoms with Gasteiger partial charge in [0.2, 0.25) is 0 Å². The first-order valence-corrected chi connectivity index (χ1v) is 7.84. The van der Waals surface area contributed by atoms with Gasteiger partial charge in [-0.3, -0.25) is 4.68 Å². The largest absolute Gasteiger partial charge is 0.309 e. The van der Waals surface area contributed by atoms with Gasteiger partial charge < -0.3 is 5.32 Å². The summed E-state index contributed by atoms with van der Waals surface area (Å²) in [6.45, 7) is 9.62. The van der Waals surface area contributed by atoms with Crippen LogP contribution in [0.4, 0.5) is 0 Å². The molecule has 114 valence electrons. The molecule has 3 heteroatoms. The molecule has 0 aliphatic rings. The summed E-state index contributed by atoms with van der Waals surface area (Å²) in [6.07, 6.45) is 0.991. The van der Waals surface area contributed by atoms with Crippen LogP contribution in [0.2, 0.25) is 0 Å². The van der Waals surface area contributed by atoms with E-state index in [2.05, 4.69) is 61.5 Å². The molecule has 0 saturated carbocycles. The molecule has 1 heterocycles. The Kier molecular flexibility index (Phi) is 5.18. The van der Waals surface area contributed by atoms with E-state index in [1.165, 1.54) is 16.8 Å². The van der Waals surface area contributed by atoms with Crippen LogP contribution >= 0.6 is 0 Å². The van der Waals surface area contributed by atoms with Crippen LogP contribution in [0.3, 0.4) is 0 Å². The van der Waals surface area contributed by atoms with Gasteiger partial charge >= 0.3 is 0 Å². The summed E-state index contributed by atoms with van der Waals surface area (Å²) < 4.78 is 1.99. The molecule has 1 atom stereocenters. The summed E-state index contributed by atoms with van der Waals surface area (Å²) in [6, 6.07) is 11.5. The maximum atomic E-state index is 4.47. The summed E-state index contributed by atoms with van der Waals surface area (Å²) in [7, 11) is 2.02. The number of hydrogen-bond acceptors (Lipinski definition) is 2. The molecule has 0 aliphatic carbocycles. The minimum absolute atomic E-state index is 0.311. The number of hydrogen-bond donors (Lipinski definition) is 1. The van der Waals surface area contributed by atoms with Gasteiger partial charge in [0.05, 0.1) is 17.4 Å². The number of nitrogens with zero attached hydrogens (tertiary/aromatic N) is 2. The van der Waals surface area contributed by atoms with Gasteiger partial charge in [-0.25, -0.2) is 0 Å². The van der Waals surface area contributed by atoms with E-state index >= 15 is 0 Å². The van der Waals surface area contributed by atoms with Crippen molar-refractivity contribution in [2.75, 3.05) is 6.54 Å². The Bertz CT molecular complexity index is 567. The SMILES string of the molecule is CCNC(Cc1ccc(C(C)C)cc1)c1cc(C)nn1C. The van der Waals surface area contributed by atoms with Crippen molar-refractivity contribution < 1.29 is 0 Å². The standard InChI is InChI=1S/C18H27N3/c1-6-19-17(18-11-14(4)20-21(18)5)12-15-7-9-16(10-8-15)13(2)3/h7-11,13,17,19H,6,12H2,1-5H3. The summed E-state index contributed by atoms with van der Waals surface area (Å²) in [5, 5.41) is 8.05. The van der Waals surface area contributed by atoms with Crippen LogP contribution in [0.15, 0.2) is 30.3 Å². The van der Waals surface area contributed by atoms with Gasteiger partial charge in [-0.2, -0.15) is 5.10 Å². The minimum Gasteiger partial charge on any atom is -0.309 e. The van der Waals surface area contributed by atoms with Gasteiger partial charge in [0.25, 0.3) is 0 Å². The minimum atomic E-state index is 0.311. The van der Waals surface area contributed by atoms with E-state index in [0.29, 0.717) is 12.0 Å². The number of nitrogens with one attached hydrogen (secondary N) is 1. The lowest BCUT2D eigenvalue weighted by molar-refractivity contribution is 0.507. The average Bonchev–Trinajstić information content (AvgIpc) is 2.78. The number of aryl methyl sites for hydroxylation is 2. The second-order valence-corrected chi connectivity index (χ2v) is 6.04. The molecule has 0 aliphatic heterocycles. The molecule has 1 unspecified atom stereocenters. The second kappa shape index (κ2) is 6.90. The Morgan fingerprint density at radius 3 is 2.33 bits per heavy atom. The van der Waals surface area contributed by atoms with Gasteiger partial charge in [0.15, 0.2) is 0 Å². The fourth-order valence-corrected chi connectivity index (χ4v) is 2.76. The van der Waals surface area contributed by atoms with E-state index in [-0.39, 0.29) is 0 Å². The molecule has 3 nitrogen and oxygen atoms in total. The van der Waals surface area contributed by atoms with Gasteiger partial charge in [-0.15, -0.1) is 0 Å². The van der Waals surface area contributed by atoms with E-state index in [1.807, 2.05) is 18.7 Å². The molecule has 1 N–H and O–H groups in total. The van der Waals surface area contributed by atoms with Crippen LogP contribution in [0.25, 0.3) is 0 Å². The Morgan fingerprint density at radius 2 is 1.86 bits per heavy atom. The summed E-state index contributed by atoms with van der Waals surface area (Å²) in [4.78, 5) is 0. The second-order valence-electron chi connectivity index (χ2n) is 6.04. The zero-order chi connectivity index (χ0) is 15.4. The van der Waals surface area contributed by atoms with Gasteiger partial charge in [-0.05, 0) is 43.0 Å². The normalized spacial score (nSPS) is 12.9. The lowest BCUT2D eigenvalue weighted by Crippen LogP contribution is -2.25. The van der Waals surface area contributed by atoms with Crippen LogP contribution < -0.4 is 5.32 Å². The third kappa shape index (κ3) is 3.94. The quantitative estimate of drug-likeness (QED) is 0.876. The highest BCUT2D eigenvalue weighted by molar-refractivity contribution is 5.26.